The van der Waals surface area contributed by atoms with Crippen molar-refractivity contribution in [3.05, 3.63) is 59.7 Å². The van der Waals surface area contributed by atoms with Crippen molar-refractivity contribution in [3.8, 4) is 0 Å². The molecule has 0 saturated carbocycles. The monoisotopic (exact) mass is 338 g/mol. The summed E-state index contributed by atoms with van der Waals surface area (Å²) >= 11 is 0. The summed E-state index contributed by atoms with van der Waals surface area (Å²) in [4.78, 5) is 23.7. The highest BCUT2D eigenvalue weighted by molar-refractivity contribution is 6.01. The number of carbonyl (C=O) groups excluding carboxylic acids is 2. The Labute approximate surface area is 147 Å². The van der Waals surface area contributed by atoms with E-state index in [0.29, 0.717) is 29.1 Å². The van der Waals surface area contributed by atoms with E-state index in [-0.39, 0.29) is 11.8 Å². The molecule has 0 heterocycles. The number of hydrogen-bond acceptors (Lipinski definition) is 4. The van der Waals surface area contributed by atoms with Crippen LogP contribution >= 0.6 is 0 Å². The number of nitrogens with two attached hydrogens (primary N) is 1. The first-order valence-electron chi connectivity index (χ1n) is 8.10. The highest BCUT2D eigenvalue weighted by Crippen LogP contribution is 2.11. The van der Waals surface area contributed by atoms with Crippen LogP contribution in [0.3, 0.4) is 0 Å². The third kappa shape index (κ3) is 5.46. The largest absolute Gasteiger partial charge is 0.399 e. The summed E-state index contributed by atoms with van der Waals surface area (Å²) in [7, 11) is 0. The van der Waals surface area contributed by atoms with Crippen molar-refractivity contribution in [2.75, 3.05) is 11.1 Å². The van der Waals surface area contributed by atoms with E-state index < -0.39 is 0 Å². The molecule has 2 aromatic rings. The van der Waals surface area contributed by atoms with Gasteiger partial charge in [-0.2, -0.15) is 5.10 Å². The van der Waals surface area contributed by atoms with Gasteiger partial charge >= 0.3 is 0 Å². The molecule has 0 aromatic heterocycles. The highest BCUT2D eigenvalue weighted by Gasteiger charge is 2.06. The van der Waals surface area contributed by atoms with Crippen molar-refractivity contribution >= 4 is 28.9 Å². The molecule has 2 amide bonds. The van der Waals surface area contributed by atoms with Gasteiger partial charge in [0.05, 0.1) is 5.71 Å². The van der Waals surface area contributed by atoms with Crippen molar-refractivity contribution in [2.24, 2.45) is 5.10 Å². The first-order chi connectivity index (χ1) is 12.0. The summed E-state index contributed by atoms with van der Waals surface area (Å²) < 4.78 is 0. The van der Waals surface area contributed by atoms with Crippen molar-refractivity contribution in [3.63, 3.8) is 0 Å². The number of nitrogens with zero attached hydrogens (tertiary/aromatic N) is 1. The summed E-state index contributed by atoms with van der Waals surface area (Å²) in [5.74, 6) is -0.357. The molecule has 0 saturated heterocycles. The van der Waals surface area contributed by atoms with Crippen molar-refractivity contribution in [2.45, 2.75) is 26.7 Å². The SMILES string of the molecule is CCCC(=O)Nc1ccc(C(=O)N/N=C(/C)c2ccc(N)cc2)cc1. The summed E-state index contributed by atoms with van der Waals surface area (Å²) in [5, 5.41) is 6.88. The Morgan fingerprint density at radius 2 is 1.60 bits per heavy atom. The van der Waals surface area contributed by atoms with E-state index in [2.05, 4.69) is 15.8 Å². The van der Waals surface area contributed by atoms with Gasteiger partial charge in [-0.3, -0.25) is 9.59 Å². The quantitative estimate of drug-likeness (QED) is 0.429. The van der Waals surface area contributed by atoms with Gasteiger partial charge in [-0.15, -0.1) is 0 Å². The van der Waals surface area contributed by atoms with Crippen LogP contribution in [0.4, 0.5) is 11.4 Å². The predicted molar refractivity (Wildman–Crippen MR) is 101 cm³/mol. The van der Waals surface area contributed by atoms with E-state index in [1.54, 1.807) is 43.3 Å². The maximum atomic E-state index is 12.1. The molecule has 0 bridgehead atoms. The molecule has 0 aliphatic carbocycles. The van der Waals surface area contributed by atoms with E-state index in [1.165, 1.54) is 0 Å². The second-order valence-corrected chi connectivity index (χ2v) is 5.64. The van der Waals surface area contributed by atoms with Crippen LogP contribution in [-0.2, 0) is 4.79 Å². The number of hydrogen-bond donors (Lipinski definition) is 3. The Morgan fingerprint density at radius 1 is 1.00 bits per heavy atom. The molecule has 0 radical (unpaired) electrons. The lowest BCUT2D eigenvalue weighted by atomic mass is 10.1. The molecular formula is C19H22N4O2. The van der Waals surface area contributed by atoms with Gasteiger partial charge in [-0.05, 0) is 55.3 Å². The Hall–Kier alpha value is -3.15. The van der Waals surface area contributed by atoms with Crippen LogP contribution in [-0.4, -0.2) is 17.5 Å². The Morgan fingerprint density at radius 3 is 2.20 bits per heavy atom. The fraction of sp³-hybridized carbons (Fsp3) is 0.211. The average Bonchev–Trinajstić information content (AvgIpc) is 2.61. The lowest BCUT2D eigenvalue weighted by molar-refractivity contribution is -0.116. The highest BCUT2D eigenvalue weighted by atomic mass is 16.2. The lowest BCUT2D eigenvalue weighted by Gasteiger charge is -2.06. The fourth-order valence-corrected chi connectivity index (χ4v) is 2.14. The molecule has 0 atom stereocenters. The Bertz CT molecular complexity index is 765. The van der Waals surface area contributed by atoms with Crippen molar-refractivity contribution < 1.29 is 9.59 Å². The number of rotatable bonds is 6. The molecule has 4 N–H and O–H groups in total. The molecule has 0 aliphatic rings. The summed E-state index contributed by atoms with van der Waals surface area (Å²) in [6, 6.07) is 13.9. The third-order valence-electron chi connectivity index (χ3n) is 3.56. The van der Waals surface area contributed by atoms with Crippen LogP contribution in [0, 0.1) is 0 Å². The number of carbonyl (C=O) groups is 2. The second kappa shape index (κ2) is 8.63. The molecule has 130 valence electrons. The second-order valence-electron chi connectivity index (χ2n) is 5.64. The molecule has 25 heavy (non-hydrogen) atoms. The smallest absolute Gasteiger partial charge is 0.271 e. The summed E-state index contributed by atoms with van der Waals surface area (Å²) in [6.45, 7) is 3.75. The molecule has 6 heteroatoms. The zero-order valence-corrected chi connectivity index (χ0v) is 14.4. The van der Waals surface area contributed by atoms with E-state index in [9.17, 15) is 9.59 Å². The van der Waals surface area contributed by atoms with Gasteiger partial charge in [0.1, 0.15) is 0 Å². The molecule has 0 unspecified atom stereocenters. The van der Waals surface area contributed by atoms with Crippen LogP contribution in [0.25, 0.3) is 0 Å². The van der Waals surface area contributed by atoms with E-state index in [0.717, 1.165) is 12.0 Å². The van der Waals surface area contributed by atoms with Gasteiger partial charge in [-0.25, -0.2) is 5.43 Å². The summed E-state index contributed by atoms with van der Waals surface area (Å²) in [5.41, 5.74) is 11.5. The van der Waals surface area contributed by atoms with Gasteiger partial charge in [-0.1, -0.05) is 19.1 Å². The van der Waals surface area contributed by atoms with Gasteiger partial charge in [0, 0.05) is 23.4 Å². The minimum absolute atomic E-state index is 0.0385. The average molecular weight is 338 g/mol. The number of hydrazone groups is 1. The zero-order chi connectivity index (χ0) is 18.2. The molecule has 0 fully saturated rings. The van der Waals surface area contributed by atoms with Crippen molar-refractivity contribution in [1.29, 1.82) is 0 Å². The third-order valence-corrected chi connectivity index (χ3v) is 3.56. The van der Waals surface area contributed by atoms with Crippen molar-refractivity contribution in [1.82, 2.24) is 5.43 Å². The minimum atomic E-state index is -0.318. The van der Waals surface area contributed by atoms with Gasteiger partial charge < -0.3 is 11.1 Å². The molecular weight excluding hydrogens is 316 g/mol. The molecule has 2 rings (SSSR count). The Balaban J connectivity index is 1.97. The molecule has 0 spiro atoms. The fourth-order valence-electron chi connectivity index (χ4n) is 2.14. The zero-order valence-electron chi connectivity index (χ0n) is 14.4. The summed E-state index contributed by atoms with van der Waals surface area (Å²) in [6.07, 6.45) is 1.26. The molecule has 6 nitrogen and oxygen atoms in total. The van der Waals surface area contributed by atoms with Crippen LogP contribution < -0.4 is 16.5 Å². The van der Waals surface area contributed by atoms with Gasteiger partial charge in [0.2, 0.25) is 5.91 Å². The van der Waals surface area contributed by atoms with Crippen LogP contribution in [0.2, 0.25) is 0 Å². The number of amides is 2. The number of benzene rings is 2. The first kappa shape index (κ1) is 18.2. The molecule has 2 aromatic carbocycles. The normalized spacial score (nSPS) is 11.0. The minimum Gasteiger partial charge on any atom is -0.399 e. The van der Waals surface area contributed by atoms with Gasteiger partial charge in [0.25, 0.3) is 5.91 Å². The predicted octanol–water partition coefficient (Wildman–Crippen LogP) is 3.16. The van der Waals surface area contributed by atoms with Crippen LogP contribution in [0.5, 0.6) is 0 Å². The number of nitrogens with one attached hydrogen (secondary N) is 2. The maximum Gasteiger partial charge on any atom is 0.271 e. The standard InChI is InChI=1S/C19H22N4O2/c1-3-4-18(24)21-17-11-7-15(8-12-17)19(25)23-22-13(2)14-5-9-16(20)10-6-14/h5-12H,3-4,20H2,1-2H3,(H,21,24)(H,23,25)/b22-13-. The van der Waals surface area contributed by atoms with Crippen LogP contribution in [0.15, 0.2) is 53.6 Å². The van der Waals surface area contributed by atoms with Gasteiger partial charge in [0.15, 0.2) is 0 Å². The topological polar surface area (TPSA) is 96.6 Å². The molecule has 0 aliphatic heterocycles. The van der Waals surface area contributed by atoms with E-state index >= 15 is 0 Å². The number of anilines is 2. The number of nitrogen functional groups attached to an aromatic ring is 1. The first-order valence-corrected chi connectivity index (χ1v) is 8.10. The maximum absolute atomic E-state index is 12.1. The van der Waals surface area contributed by atoms with E-state index in [1.807, 2.05) is 19.1 Å². The van der Waals surface area contributed by atoms with Crippen LogP contribution in [0.1, 0.15) is 42.6 Å². The lowest BCUT2D eigenvalue weighted by Crippen LogP contribution is -2.19. The Kier molecular flexibility index (Phi) is 6.28. The van der Waals surface area contributed by atoms with E-state index in [4.69, 9.17) is 5.73 Å².